The summed E-state index contributed by atoms with van der Waals surface area (Å²) in [6, 6.07) is 7.49. The highest BCUT2D eigenvalue weighted by atomic mass is 35.5. The summed E-state index contributed by atoms with van der Waals surface area (Å²) in [6.45, 7) is 5.56. The van der Waals surface area contributed by atoms with E-state index in [0.29, 0.717) is 30.0 Å². The van der Waals surface area contributed by atoms with Crippen molar-refractivity contribution in [1.29, 1.82) is 0 Å². The summed E-state index contributed by atoms with van der Waals surface area (Å²) in [5.41, 5.74) is 5.66. The molecule has 0 aromatic heterocycles. The third kappa shape index (κ3) is 3.73. The van der Waals surface area contributed by atoms with Crippen molar-refractivity contribution in [2.45, 2.75) is 13.8 Å². The zero-order valence-corrected chi connectivity index (χ0v) is 10.00. The maximum absolute atomic E-state index is 5.97. The van der Waals surface area contributed by atoms with Crippen molar-refractivity contribution < 1.29 is 4.74 Å². The molecule has 2 N–H and O–H groups in total. The van der Waals surface area contributed by atoms with Crippen LogP contribution in [0.2, 0.25) is 5.02 Å². The second-order valence-corrected chi connectivity index (χ2v) is 4.39. The van der Waals surface area contributed by atoms with E-state index in [1.54, 1.807) is 0 Å². The number of rotatable bonds is 5. The minimum Gasteiger partial charge on any atom is -0.492 e. The monoisotopic (exact) mass is 227 g/mol. The van der Waals surface area contributed by atoms with Crippen molar-refractivity contribution in [3.63, 3.8) is 0 Å². The highest BCUT2D eigenvalue weighted by Crippen LogP contribution is 2.24. The van der Waals surface area contributed by atoms with Crippen molar-refractivity contribution >= 4 is 11.6 Å². The van der Waals surface area contributed by atoms with E-state index >= 15 is 0 Å². The normalized spacial score (nSPS) is 12.9. The lowest BCUT2D eigenvalue weighted by Crippen LogP contribution is -2.26. The van der Waals surface area contributed by atoms with Crippen LogP contribution >= 0.6 is 11.6 Å². The zero-order valence-electron chi connectivity index (χ0n) is 9.24. The van der Waals surface area contributed by atoms with Crippen LogP contribution in [-0.4, -0.2) is 13.2 Å². The zero-order chi connectivity index (χ0) is 11.3. The lowest BCUT2D eigenvalue weighted by molar-refractivity contribution is 0.214. The van der Waals surface area contributed by atoms with E-state index in [1.165, 1.54) is 0 Å². The molecule has 0 saturated heterocycles. The van der Waals surface area contributed by atoms with E-state index in [9.17, 15) is 0 Å². The molecule has 0 aliphatic rings. The average Bonchev–Trinajstić information content (AvgIpc) is 2.21. The number of halogens is 1. The molecule has 0 saturated carbocycles. The summed E-state index contributed by atoms with van der Waals surface area (Å²) < 4.78 is 5.64. The standard InChI is InChI=1S/C12H18ClNO/c1-9(2)10(7-14)8-15-12-6-4-3-5-11(12)13/h3-6,9-10H,7-8,14H2,1-2H3. The summed E-state index contributed by atoms with van der Waals surface area (Å²) in [4.78, 5) is 0. The number of hydrogen-bond donors (Lipinski definition) is 1. The predicted molar refractivity (Wildman–Crippen MR) is 64.3 cm³/mol. The Hall–Kier alpha value is -0.730. The Labute approximate surface area is 96.4 Å². The van der Waals surface area contributed by atoms with Crippen LogP contribution in [0.25, 0.3) is 0 Å². The fourth-order valence-electron chi connectivity index (χ4n) is 1.29. The van der Waals surface area contributed by atoms with Crippen LogP contribution in [0.15, 0.2) is 24.3 Å². The molecule has 0 fully saturated rings. The molecule has 1 aromatic carbocycles. The van der Waals surface area contributed by atoms with Gasteiger partial charge < -0.3 is 10.5 Å². The lowest BCUT2D eigenvalue weighted by Gasteiger charge is -2.19. The first kappa shape index (κ1) is 12.3. The second kappa shape index (κ2) is 5.99. The van der Waals surface area contributed by atoms with Crippen LogP contribution < -0.4 is 10.5 Å². The van der Waals surface area contributed by atoms with Gasteiger partial charge in [-0.25, -0.2) is 0 Å². The van der Waals surface area contributed by atoms with Crippen molar-refractivity contribution in [3.8, 4) is 5.75 Å². The highest BCUT2D eigenvalue weighted by Gasteiger charge is 2.12. The third-order valence-electron chi connectivity index (χ3n) is 2.54. The number of ether oxygens (including phenoxy) is 1. The largest absolute Gasteiger partial charge is 0.492 e. The summed E-state index contributed by atoms with van der Waals surface area (Å²) in [7, 11) is 0. The average molecular weight is 228 g/mol. The molecule has 0 aliphatic heterocycles. The van der Waals surface area contributed by atoms with Gasteiger partial charge in [0.1, 0.15) is 5.75 Å². The molecule has 1 aromatic rings. The van der Waals surface area contributed by atoms with E-state index in [0.717, 1.165) is 5.75 Å². The van der Waals surface area contributed by atoms with Gasteiger partial charge in [0.15, 0.2) is 0 Å². The topological polar surface area (TPSA) is 35.2 Å². The van der Waals surface area contributed by atoms with Crippen LogP contribution in [0.5, 0.6) is 5.75 Å². The number of hydrogen-bond acceptors (Lipinski definition) is 2. The maximum atomic E-state index is 5.97. The molecule has 3 heteroatoms. The van der Waals surface area contributed by atoms with E-state index in [4.69, 9.17) is 22.1 Å². The smallest absolute Gasteiger partial charge is 0.137 e. The molecule has 0 aliphatic carbocycles. The summed E-state index contributed by atoms with van der Waals surface area (Å²) in [5.74, 6) is 1.64. The SMILES string of the molecule is CC(C)C(CN)COc1ccccc1Cl. The molecule has 1 rings (SSSR count). The van der Waals surface area contributed by atoms with E-state index in [2.05, 4.69) is 13.8 Å². The van der Waals surface area contributed by atoms with Crippen LogP contribution in [0.3, 0.4) is 0 Å². The van der Waals surface area contributed by atoms with Gasteiger partial charge in [-0.3, -0.25) is 0 Å². The molecule has 0 bridgehead atoms. The first-order valence-corrected chi connectivity index (χ1v) is 5.60. The number of para-hydroxylation sites is 1. The Bertz CT molecular complexity index is 301. The van der Waals surface area contributed by atoms with E-state index < -0.39 is 0 Å². The lowest BCUT2D eigenvalue weighted by atomic mass is 9.97. The van der Waals surface area contributed by atoms with Gasteiger partial charge >= 0.3 is 0 Å². The molecule has 0 spiro atoms. The molecule has 1 unspecified atom stereocenters. The molecule has 0 heterocycles. The summed E-state index contributed by atoms with van der Waals surface area (Å²) >= 11 is 5.97. The molecule has 15 heavy (non-hydrogen) atoms. The second-order valence-electron chi connectivity index (χ2n) is 3.98. The molecule has 2 nitrogen and oxygen atoms in total. The van der Waals surface area contributed by atoms with Crippen LogP contribution in [-0.2, 0) is 0 Å². The minimum absolute atomic E-state index is 0.376. The molecular formula is C12H18ClNO. The van der Waals surface area contributed by atoms with Gasteiger partial charge in [0.25, 0.3) is 0 Å². The first-order valence-electron chi connectivity index (χ1n) is 5.22. The Morgan fingerprint density at radius 3 is 2.53 bits per heavy atom. The van der Waals surface area contributed by atoms with Gasteiger partial charge in [-0.1, -0.05) is 37.6 Å². The molecular weight excluding hydrogens is 210 g/mol. The van der Waals surface area contributed by atoms with Gasteiger partial charge in [-0.05, 0) is 24.6 Å². The third-order valence-corrected chi connectivity index (χ3v) is 2.85. The Balaban J connectivity index is 2.53. The van der Waals surface area contributed by atoms with Gasteiger partial charge in [-0.15, -0.1) is 0 Å². The number of nitrogens with two attached hydrogens (primary N) is 1. The predicted octanol–water partition coefficient (Wildman–Crippen LogP) is 2.95. The molecule has 1 atom stereocenters. The van der Waals surface area contributed by atoms with Gasteiger partial charge in [0, 0.05) is 5.92 Å². The summed E-state index contributed by atoms with van der Waals surface area (Å²) in [6.07, 6.45) is 0. The van der Waals surface area contributed by atoms with Crippen LogP contribution in [0.1, 0.15) is 13.8 Å². The Kier molecular flexibility index (Phi) is 4.92. The van der Waals surface area contributed by atoms with Gasteiger partial charge in [0.05, 0.1) is 11.6 Å². The van der Waals surface area contributed by atoms with Gasteiger partial charge in [0.2, 0.25) is 0 Å². The fourth-order valence-corrected chi connectivity index (χ4v) is 1.48. The molecule has 84 valence electrons. The Morgan fingerprint density at radius 2 is 2.00 bits per heavy atom. The van der Waals surface area contributed by atoms with Gasteiger partial charge in [-0.2, -0.15) is 0 Å². The van der Waals surface area contributed by atoms with Crippen molar-refractivity contribution in [1.82, 2.24) is 0 Å². The van der Waals surface area contributed by atoms with Crippen molar-refractivity contribution in [3.05, 3.63) is 29.3 Å². The molecule has 0 radical (unpaired) electrons. The highest BCUT2D eigenvalue weighted by molar-refractivity contribution is 6.32. The quantitative estimate of drug-likeness (QED) is 0.840. The van der Waals surface area contributed by atoms with E-state index in [-0.39, 0.29) is 0 Å². The molecule has 0 amide bonds. The number of benzene rings is 1. The van der Waals surface area contributed by atoms with Crippen molar-refractivity contribution in [2.24, 2.45) is 17.6 Å². The van der Waals surface area contributed by atoms with Crippen molar-refractivity contribution in [2.75, 3.05) is 13.2 Å². The van der Waals surface area contributed by atoms with Crippen LogP contribution in [0.4, 0.5) is 0 Å². The maximum Gasteiger partial charge on any atom is 0.137 e. The Morgan fingerprint density at radius 1 is 1.33 bits per heavy atom. The fraction of sp³-hybridized carbons (Fsp3) is 0.500. The van der Waals surface area contributed by atoms with Crippen LogP contribution in [0, 0.1) is 11.8 Å². The van der Waals surface area contributed by atoms with E-state index in [1.807, 2.05) is 24.3 Å². The summed E-state index contributed by atoms with van der Waals surface area (Å²) in [5, 5.41) is 0.650. The minimum atomic E-state index is 0.376. The first-order chi connectivity index (χ1) is 7.15.